The molecule has 0 aliphatic heterocycles. The maximum Gasteiger partial charge on any atom is 0.277 e. The van der Waals surface area contributed by atoms with Gasteiger partial charge in [0, 0.05) is 6.04 Å². The number of para-hydroxylation sites is 2. The van der Waals surface area contributed by atoms with Crippen LogP contribution in [0.4, 0.5) is 0 Å². The Hall–Kier alpha value is -2.22. The average molecular weight is 389 g/mol. The zero-order valence-electron chi connectivity index (χ0n) is 15.2. The number of thioether (sulfide) groups is 1. The molecule has 1 aromatic heterocycles. The van der Waals surface area contributed by atoms with E-state index in [1.807, 2.05) is 24.3 Å². The van der Waals surface area contributed by atoms with Crippen molar-refractivity contribution in [1.29, 1.82) is 0 Å². The summed E-state index contributed by atoms with van der Waals surface area (Å²) in [5.74, 6) is 3.41. The highest BCUT2D eigenvalue weighted by molar-refractivity contribution is 7.99. The SMILES string of the molecule is COc1ccccc1OCc1nnc(SCC(=O)N[C@H]2C[C@@H]3CC[C@@H]2C3)o1. The number of rotatable bonds is 8. The number of benzene rings is 1. The highest BCUT2D eigenvalue weighted by Crippen LogP contribution is 2.44. The van der Waals surface area contributed by atoms with Crippen LogP contribution in [-0.2, 0) is 11.4 Å². The maximum absolute atomic E-state index is 12.2. The van der Waals surface area contributed by atoms with E-state index in [9.17, 15) is 4.79 Å². The summed E-state index contributed by atoms with van der Waals surface area (Å²) >= 11 is 1.25. The molecule has 144 valence electrons. The molecule has 2 fully saturated rings. The van der Waals surface area contributed by atoms with Gasteiger partial charge >= 0.3 is 0 Å². The van der Waals surface area contributed by atoms with E-state index in [-0.39, 0.29) is 18.3 Å². The number of ether oxygens (including phenoxy) is 2. The Balaban J connectivity index is 1.23. The first-order chi connectivity index (χ1) is 13.2. The summed E-state index contributed by atoms with van der Waals surface area (Å²) in [7, 11) is 1.59. The minimum Gasteiger partial charge on any atom is -0.493 e. The molecule has 0 radical (unpaired) electrons. The van der Waals surface area contributed by atoms with Gasteiger partial charge in [-0.3, -0.25) is 4.79 Å². The first kappa shape index (κ1) is 18.2. The molecule has 2 saturated carbocycles. The van der Waals surface area contributed by atoms with Gasteiger partial charge in [0.05, 0.1) is 12.9 Å². The number of nitrogens with zero attached hydrogens (tertiary/aromatic N) is 2. The van der Waals surface area contributed by atoms with E-state index >= 15 is 0 Å². The monoisotopic (exact) mass is 389 g/mol. The van der Waals surface area contributed by atoms with Gasteiger partial charge < -0.3 is 19.2 Å². The molecule has 1 N–H and O–H groups in total. The summed E-state index contributed by atoms with van der Waals surface area (Å²) in [5.41, 5.74) is 0. The Morgan fingerprint density at radius 2 is 2.11 bits per heavy atom. The summed E-state index contributed by atoms with van der Waals surface area (Å²) in [4.78, 5) is 12.2. The topological polar surface area (TPSA) is 86.5 Å². The zero-order valence-corrected chi connectivity index (χ0v) is 16.0. The van der Waals surface area contributed by atoms with Crippen molar-refractivity contribution in [2.24, 2.45) is 11.8 Å². The van der Waals surface area contributed by atoms with Crippen molar-refractivity contribution in [2.75, 3.05) is 12.9 Å². The van der Waals surface area contributed by atoms with E-state index < -0.39 is 0 Å². The molecule has 8 heteroatoms. The molecule has 7 nitrogen and oxygen atoms in total. The van der Waals surface area contributed by atoms with Crippen LogP contribution in [0.5, 0.6) is 11.5 Å². The van der Waals surface area contributed by atoms with Crippen molar-refractivity contribution in [3.63, 3.8) is 0 Å². The number of amides is 1. The predicted molar refractivity (Wildman–Crippen MR) is 99.7 cm³/mol. The van der Waals surface area contributed by atoms with Crippen molar-refractivity contribution in [2.45, 2.75) is 43.6 Å². The van der Waals surface area contributed by atoms with E-state index in [0.717, 1.165) is 12.3 Å². The predicted octanol–water partition coefficient (Wildman–Crippen LogP) is 3.05. The van der Waals surface area contributed by atoms with Gasteiger partial charge in [-0.2, -0.15) is 0 Å². The molecule has 0 unspecified atom stereocenters. The normalized spacial score (nSPS) is 23.4. The van der Waals surface area contributed by atoms with Crippen molar-refractivity contribution >= 4 is 17.7 Å². The number of hydrogen-bond acceptors (Lipinski definition) is 7. The minimum atomic E-state index is 0.0302. The van der Waals surface area contributed by atoms with Crippen LogP contribution in [0.15, 0.2) is 33.9 Å². The quantitative estimate of drug-likeness (QED) is 0.694. The molecule has 0 saturated heterocycles. The Morgan fingerprint density at radius 3 is 2.85 bits per heavy atom. The summed E-state index contributed by atoms with van der Waals surface area (Å²) in [6, 6.07) is 7.71. The van der Waals surface area contributed by atoms with Gasteiger partial charge in [0.15, 0.2) is 18.1 Å². The Morgan fingerprint density at radius 1 is 1.26 bits per heavy atom. The molecule has 2 bridgehead atoms. The second-order valence-electron chi connectivity index (χ2n) is 7.04. The standard InChI is InChI=1S/C19H23N3O4S/c1-24-15-4-2-3-5-16(15)25-10-18-21-22-19(26-18)27-11-17(23)20-14-9-12-6-7-13(14)8-12/h2-5,12-14H,6-11H2,1H3,(H,20,23)/t12-,13-,14+/m1/s1. The third-order valence-corrected chi connectivity index (χ3v) is 6.10. The fourth-order valence-corrected chi connectivity index (χ4v) is 4.62. The Bertz CT molecular complexity index is 797. The summed E-state index contributed by atoms with van der Waals surface area (Å²) in [6.45, 7) is 0.144. The average Bonchev–Trinajstić information content (AvgIpc) is 3.42. The highest BCUT2D eigenvalue weighted by Gasteiger charge is 2.40. The number of carbonyl (C=O) groups excluding carboxylic acids is 1. The van der Waals surface area contributed by atoms with Gasteiger partial charge in [0.2, 0.25) is 5.91 Å². The number of carbonyl (C=O) groups is 1. The molecule has 2 aliphatic rings. The third kappa shape index (κ3) is 4.37. The minimum absolute atomic E-state index is 0.0302. The van der Waals surface area contributed by atoms with Crippen LogP contribution in [0.2, 0.25) is 0 Å². The summed E-state index contributed by atoms with van der Waals surface area (Å²) < 4.78 is 16.4. The molecular formula is C19H23N3O4S. The highest BCUT2D eigenvalue weighted by atomic mass is 32.2. The van der Waals surface area contributed by atoms with Crippen LogP contribution in [0.25, 0.3) is 0 Å². The zero-order chi connectivity index (χ0) is 18.6. The first-order valence-corrected chi connectivity index (χ1v) is 10.2. The van der Waals surface area contributed by atoms with Crippen molar-refractivity contribution in [3.05, 3.63) is 30.2 Å². The lowest BCUT2D eigenvalue weighted by atomic mass is 9.95. The molecule has 27 heavy (non-hydrogen) atoms. The molecule has 1 aromatic carbocycles. The molecule has 2 aromatic rings. The first-order valence-electron chi connectivity index (χ1n) is 9.21. The molecule has 4 rings (SSSR count). The maximum atomic E-state index is 12.2. The van der Waals surface area contributed by atoms with Gasteiger partial charge in [-0.1, -0.05) is 30.3 Å². The van der Waals surface area contributed by atoms with Crippen LogP contribution in [-0.4, -0.2) is 35.0 Å². The van der Waals surface area contributed by atoms with Crippen molar-refractivity contribution in [1.82, 2.24) is 15.5 Å². The van der Waals surface area contributed by atoms with Gasteiger partial charge in [-0.25, -0.2) is 0 Å². The lowest BCUT2D eigenvalue weighted by Crippen LogP contribution is -2.39. The summed E-state index contributed by atoms with van der Waals surface area (Å²) in [5, 5.41) is 11.5. The van der Waals surface area contributed by atoms with Gasteiger partial charge in [-0.15, -0.1) is 10.2 Å². The molecule has 2 aliphatic carbocycles. The van der Waals surface area contributed by atoms with E-state index in [4.69, 9.17) is 13.9 Å². The van der Waals surface area contributed by atoms with Gasteiger partial charge in [0.1, 0.15) is 0 Å². The fourth-order valence-electron chi connectivity index (χ4n) is 4.03. The van der Waals surface area contributed by atoms with Crippen LogP contribution in [0, 0.1) is 11.8 Å². The van der Waals surface area contributed by atoms with Gasteiger partial charge in [0.25, 0.3) is 11.1 Å². The lowest BCUT2D eigenvalue weighted by molar-refractivity contribution is -0.119. The second-order valence-corrected chi connectivity index (χ2v) is 7.97. The lowest BCUT2D eigenvalue weighted by Gasteiger charge is -2.22. The molecule has 1 amide bonds. The van der Waals surface area contributed by atoms with E-state index in [0.29, 0.717) is 34.6 Å². The molecule has 1 heterocycles. The number of aromatic nitrogens is 2. The Kier molecular flexibility index (Phi) is 5.52. The van der Waals surface area contributed by atoms with Crippen LogP contribution >= 0.6 is 11.8 Å². The van der Waals surface area contributed by atoms with Crippen molar-refractivity contribution < 1.29 is 18.7 Å². The number of nitrogens with one attached hydrogen (secondary N) is 1. The fraction of sp³-hybridized carbons (Fsp3) is 0.526. The largest absolute Gasteiger partial charge is 0.493 e. The Labute approximate surface area is 162 Å². The second kappa shape index (κ2) is 8.21. The third-order valence-electron chi connectivity index (χ3n) is 5.28. The van der Waals surface area contributed by atoms with Crippen LogP contribution < -0.4 is 14.8 Å². The van der Waals surface area contributed by atoms with Crippen LogP contribution in [0.3, 0.4) is 0 Å². The summed E-state index contributed by atoms with van der Waals surface area (Å²) in [6.07, 6.45) is 4.98. The van der Waals surface area contributed by atoms with Gasteiger partial charge in [-0.05, 0) is 43.2 Å². The number of fused-ring (bicyclic) bond motifs is 2. The number of hydrogen-bond donors (Lipinski definition) is 1. The van der Waals surface area contributed by atoms with E-state index in [2.05, 4.69) is 15.5 Å². The molecule has 3 atom stereocenters. The molecule has 0 spiro atoms. The number of methoxy groups -OCH3 is 1. The van der Waals surface area contributed by atoms with E-state index in [1.165, 1.54) is 31.0 Å². The van der Waals surface area contributed by atoms with E-state index in [1.54, 1.807) is 7.11 Å². The van der Waals surface area contributed by atoms with Crippen LogP contribution in [0.1, 0.15) is 31.6 Å². The van der Waals surface area contributed by atoms with Crippen molar-refractivity contribution in [3.8, 4) is 11.5 Å². The molecular weight excluding hydrogens is 366 g/mol. The smallest absolute Gasteiger partial charge is 0.277 e.